The normalized spacial score (nSPS) is 27.5. The van der Waals surface area contributed by atoms with Crippen LogP contribution in [-0.4, -0.2) is 85.0 Å². The number of nitrogens with one attached hydrogen (secondary N) is 1. The first-order chi connectivity index (χ1) is 12.7. The van der Waals surface area contributed by atoms with Crippen molar-refractivity contribution in [1.82, 2.24) is 29.1 Å². The Balaban J connectivity index is 1.87. The molecule has 27 heavy (non-hydrogen) atoms. The first-order valence-electron chi connectivity index (χ1n) is 9.12. The second kappa shape index (κ2) is 7.46. The third-order valence-electron chi connectivity index (χ3n) is 5.78. The van der Waals surface area contributed by atoms with Gasteiger partial charge in [-0.05, 0) is 39.8 Å². The number of hydrogen-bond acceptors (Lipinski definition) is 7. The van der Waals surface area contributed by atoms with Crippen LogP contribution in [0.3, 0.4) is 0 Å². The molecule has 3 rings (SSSR count). The number of rotatable bonds is 5. The Morgan fingerprint density at radius 1 is 1.33 bits per heavy atom. The molecule has 1 N–H and O–H groups in total. The minimum atomic E-state index is -3.61. The summed E-state index contributed by atoms with van der Waals surface area (Å²) in [6.07, 6.45) is 1.95. The van der Waals surface area contributed by atoms with E-state index in [1.165, 1.54) is 22.7 Å². The third kappa shape index (κ3) is 3.60. The molecule has 1 amide bonds. The maximum Gasteiger partial charge on any atom is 0.281 e. The van der Waals surface area contributed by atoms with Crippen molar-refractivity contribution >= 4 is 16.1 Å². The average Bonchev–Trinajstić information content (AvgIpc) is 3.03. The molecule has 3 heterocycles. The highest BCUT2D eigenvalue weighted by Crippen LogP contribution is 2.43. The number of likely N-dealkylation sites (tertiary alicyclic amines) is 1. The minimum absolute atomic E-state index is 0.123. The number of carbonyl (C=O) groups is 1. The van der Waals surface area contributed by atoms with E-state index in [1.807, 2.05) is 7.05 Å². The number of likely N-dealkylation sites (N-methyl/N-ethyl adjacent to an activating group) is 1. The van der Waals surface area contributed by atoms with Crippen molar-refractivity contribution in [2.45, 2.75) is 38.8 Å². The number of fused-ring (bicyclic) bond motifs is 1. The zero-order valence-corrected chi connectivity index (χ0v) is 17.1. The fourth-order valence-corrected chi connectivity index (χ4v) is 5.47. The molecule has 10 nitrogen and oxygen atoms in total. The number of piperidine rings is 2. The molecular weight excluding hydrogens is 372 g/mol. The van der Waals surface area contributed by atoms with Crippen LogP contribution in [0.4, 0.5) is 0 Å². The Morgan fingerprint density at radius 3 is 2.70 bits per heavy atom. The first kappa shape index (κ1) is 20.2. The van der Waals surface area contributed by atoms with Crippen LogP contribution < -0.4 is 5.32 Å². The summed E-state index contributed by atoms with van der Waals surface area (Å²) in [5, 5.41) is 10.5. The summed E-state index contributed by atoms with van der Waals surface area (Å²) in [6, 6.07) is -0.395. The van der Waals surface area contributed by atoms with Crippen molar-refractivity contribution in [2.24, 2.45) is 5.41 Å². The van der Waals surface area contributed by atoms with Crippen LogP contribution in [-0.2, 0) is 21.5 Å². The van der Waals surface area contributed by atoms with Gasteiger partial charge in [0.25, 0.3) is 10.2 Å². The van der Waals surface area contributed by atoms with Gasteiger partial charge >= 0.3 is 0 Å². The third-order valence-corrected chi connectivity index (χ3v) is 7.74. The predicted octanol–water partition coefficient (Wildman–Crippen LogP) is -0.413. The van der Waals surface area contributed by atoms with Crippen LogP contribution in [0.5, 0.6) is 0 Å². The van der Waals surface area contributed by atoms with Gasteiger partial charge in [0.15, 0.2) is 0 Å². The maximum absolute atomic E-state index is 13.3. The zero-order chi connectivity index (χ0) is 19.8. The van der Waals surface area contributed by atoms with Crippen LogP contribution in [0, 0.1) is 12.3 Å². The van der Waals surface area contributed by atoms with Crippen LogP contribution >= 0.6 is 0 Å². The highest BCUT2D eigenvalue weighted by Gasteiger charge is 2.55. The van der Waals surface area contributed by atoms with Crippen LogP contribution in [0.2, 0.25) is 0 Å². The van der Waals surface area contributed by atoms with E-state index in [2.05, 4.69) is 25.2 Å². The molecule has 0 aliphatic carbocycles. The smallest absolute Gasteiger partial charge is 0.281 e. The molecular formula is C16H28N6O4S. The standard InChI is InChI=1S/C16H28N6O4S/c1-12-13(19-26-18-12)10-17-15(23)16-6-5-8-22(27(24,25)20(2)3)14(16)11-21(4)9-7-16/h14H,5-11H2,1-4H3,(H,17,23)/t14-,16+/m0/s1. The lowest BCUT2D eigenvalue weighted by atomic mass is 9.68. The molecule has 1 aromatic heterocycles. The van der Waals surface area contributed by atoms with E-state index >= 15 is 0 Å². The van der Waals surface area contributed by atoms with Gasteiger partial charge in [0, 0.05) is 27.2 Å². The number of aromatic nitrogens is 2. The van der Waals surface area contributed by atoms with Gasteiger partial charge in [-0.1, -0.05) is 10.3 Å². The Hall–Kier alpha value is -1.56. The Kier molecular flexibility index (Phi) is 5.57. The lowest BCUT2D eigenvalue weighted by molar-refractivity contribution is -0.141. The summed E-state index contributed by atoms with van der Waals surface area (Å²) in [7, 11) is 1.40. The Morgan fingerprint density at radius 2 is 2.07 bits per heavy atom. The van der Waals surface area contributed by atoms with Gasteiger partial charge < -0.3 is 10.2 Å². The molecule has 2 atom stereocenters. The Bertz CT molecular complexity index is 795. The van der Waals surface area contributed by atoms with E-state index in [0.717, 1.165) is 6.54 Å². The fourth-order valence-electron chi connectivity index (χ4n) is 4.10. The molecule has 0 aromatic carbocycles. The molecule has 1 aromatic rings. The molecule has 2 aliphatic rings. The SMILES string of the molecule is Cc1nonc1CNC(=O)[C@@]12CCCN(S(=O)(=O)N(C)C)[C@H]1CN(C)CC2. The van der Waals surface area contributed by atoms with Crippen molar-refractivity contribution in [3.05, 3.63) is 11.4 Å². The van der Waals surface area contributed by atoms with Gasteiger partial charge in [0.05, 0.1) is 18.0 Å². The summed E-state index contributed by atoms with van der Waals surface area (Å²) in [5.41, 5.74) is 0.477. The minimum Gasteiger partial charge on any atom is -0.350 e. The van der Waals surface area contributed by atoms with Crippen molar-refractivity contribution in [3.63, 3.8) is 0 Å². The van der Waals surface area contributed by atoms with Crippen LogP contribution in [0.1, 0.15) is 30.7 Å². The van der Waals surface area contributed by atoms with Crippen molar-refractivity contribution in [2.75, 3.05) is 40.8 Å². The van der Waals surface area contributed by atoms with E-state index in [0.29, 0.717) is 43.7 Å². The molecule has 11 heteroatoms. The summed E-state index contributed by atoms with van der Waals surface area (Å²) >= 11 is 0. The molecule has 152 valence electrons. The van der Waals surface area contributed by atoms with Gasteiger partial charge in [0.1, 0.15) is 11.4 Å². The van der Waals surface area contributed by atoms with Crippen LogP contribution in [0.15, 0.2) is 4.63 Å². The second-order valence-corrected chi connectivity index (χ2v) is 9.76. The molecule has 2 fully saturated rings. The average molecular weight is 401 g/mol. The highest BCUT2D eigenvalue weighted by molar-refractivity contribution is 7.86. The summed E-state index contributed by atoms with van der Waals surface area (Å²) in [4.78, 5) is 15.4. The van der Waals surface area contributed by atoms with E-state index in [9.17, 15) is 13.2 Å². The molecule has 0 unspecified atom stereocenters. The summed E-state index contributed by atoms with van der Waals surface area (Å²) in [6.45, 7) is 3.70. The van der Waals surface area contributed by atoms with E-state index in [1.54, 1.807) is 6.92 Å². The van der Waals surface area contributed by atoms with Gasteiger partial charge in [-0.15, -0.1) is 0 Å². The fraction of sp³-hybridized carbons (Fsp3) is 0.812. The molecule has 0 bridgehead atoms. The lowest BCUT2D eigenvalue weighted by Gasteiger charge is -2.52. The monoisotopic (exact) mass is 400 g/mol. The number of amides is 1. The van der Waals surface area contributed by atoms with Gasteiger partial charge in [-0.25, -0.2) is 4.63 Å². The first-order valence-corrected chi connectivity index (χ1v) is 10.5. The van der Waals surface area contributed by atoms with Crippen molar-refractivity contribution in [3.8, 4) is 0 Å². The zero-order valence-electron chi connectivity index (χ0n) is 16.3. The predicted molar refractivity (Wildman–Crippen MR) is 97.8 cm³/mol. The maximum atomic E-state index is 13.3. The van der Waals surface area contributed by atoms with E-state index in [4.69, 9.17) is 0 Å². The van der Waals surface area contributed by atoms with Gasteiger partial charge in [-0.3, -0.25) is 4.79 Å². The molecule has 2 aliphatic heterocycles. The summed E-state index contributed by atoms with van der Waals surface area (Å²) < 4.78 is 33.2. The summed E-state index contributed by atoms with van der Waals surface area (Å²) in [5.74, 6) is -0.123. The van der Waals surface area contributed by atoms with E-state index < -0.39 is 21.7 Å². The van der Waals surface area contributed by atoms with Crippen LogP contribution in [0.25, 0.3) is 0 Å². The largest absolute Gasteiger partial charge is 0.350 e. The second-order valence-electron chi connectivity index (χ2n) is 7.67. The quantitative estimate of drug-likeness (QED) is 0.715. The number of aryl methyl sites for hydroxylation is 1. The van der Waals surface area contributed by atoms with Crippen molar-refractivity contribution in [1.29, 1.82) is 0 Å². The topological polar surface area (TPSA) is 112 Å². The number of carbonyl (C=O) groups excluding carboxylic acids is 1. The molecule has 0 radical (unpaired) electrons. The molecule has 2 saturated heterocycles. The van der Waals surface area contributed by atoms with Gasteiger partial charge in [0.2, 0.25) is 5.91 Å². The number of hydrogen-bond donors (Lipinski definition) is 1. The van der Waals surface area contributed by atoms with Crippen molar-refractivity contribution < 1.29 is 17.8 Å². The molecule has 0 spiro atoms. The Labute approximate surface area is 160 Å². The lowest BCUT2D eigenvalue weighted by Crippen LogP contribution is -2.67. The number of nitrogens with zero attached hydrogens (tertiary/aromatic N) is 5. The highest BCUT2D eigenvalue weighted by atomic mass is 32.2. The molecule has 0 saturated carbocycles. The van der Waals surface area contributed by atoms with Gasteiger partial charge in [-0.2, -0.15) is 17.0 Å². The van der Waals surface area contributed by atoms with E-state index in [-0.39, 0.29) is 12.5 Å².